The number of hydrogen-bond donors (Lipinski definition) is 2. The van der Waals surface area contributed by atoms with Crippen LogP contribution in [0, 0.1) is 20.2 Å². The molecule has 0 saturated carbocycles. The van der Waals surface area contributed by atoms with E-state index in [1.165, 1.54) is 58.3 Å². The molecule has 1 heterocycles. The summed E-state index contributed by atoms with van der Waals surface area (Å²) in [6, 6.07) is 10.2. The highest BCUT2D eigenvalue weighted by Gasteiger charge is 2.21. The van der Waals surface area contributed by atoms with E-state index in [1.54, 1.807) is 0 Å². The molecule has 0 aliphatic carbocycles. The first-order chi connectivity index (χ1) is 18.2. The van der Waals surface area contributed by atoms with E-state index in [9.17, 15) is 39.4 Å². The van der Waals surface area contributed by atoms with Gasteiger partial charge in [-0.3, -0.25) is 39.4 Å². The minimum Gasteiger partial charge on any atom is -0.354 e. The van der Waals surface area contributed by atoms with Crippen LogP contribution in [0.1, 0.15) is 33.6 Å². The molecule has 0 radical (unpaired) electrons. The van der Waals surface area contributed by atoms with Gasteiger partial charge in [0.05, 0.1) is 9.85 Å². The summed E-state index contributed by atoms with van der Waals surface area (Å²) in [7, 11) is 0. The van der Waals surface area contributed by atoms with Crippen LogP contribution in [0.15, 0.2) is 48.5 Å². The zero-order valence-corrected chi connectivity index (χ0v) is 20.3. The fourth-order valence-electron chi connectivity index (χ4n) is 3.76. The number of nitrogens with one attached hydrogen (secondary N) is 2. The molecular weight excluding hydrogens is 500 g/mol. The molecule has 0 aromatic heterocycles. The molecule has 2 aromatic rings. The average Bonchev–Trinajstić information content (AvgIpc) is 2.91. The van der Waals surface area contributed by atoms with E-state index < -0.39 is 21.7 Å². The largest absolute Gasteiger partial charge is 0.354 e. The maximum absolute atomic E-state index is 13.0. The van der Waals surface area contributed by atoms with Crippen molar-refractivity contribution in [3.05, 3.63) is 79.9 Å². The monoisotopic (exact) mass is 526 g/mol. The van der Waals surface area contributed by atoms with Crippen LogP contribution >= 0.6 is 0 Å². The highest BCUT2D eigenvalue weighted by molar-refractivity contribution is 5.95. The lowest BCUT2D eigenvalue weighted by molar-refractivity contribution is -0.385. The first-order valence-electron chi connectivity index (χ1n) is 11.8. The molecule has 1 aliphatic heterocycles. The van der Waals surface area contributed by atoms with Gasteiger partial charge in [-0.25, -0.2) is 0 Å². The summed E-state index contributed by atoms with van der Waals surface area (Å²) in [4.78, 5) is 74.1. The van der Waals surface area contributed by atoms with Crippen molar-refractivity contribution < 1.29 is 29.0 Å². The second-order valence-corrected chi connectivity index (χ2v) is 8.39. The minimum atomic E-state index is -0.573. The summed E-state index contributed by atoms with van der Waals surface area (Å²) >= 11 is 0. The van der Waals surface area contributed by atoms with Crippen LogP contribution in [-0.4, -0.2) is 82.5 Å². The van der Waals surface area contributed by atoms with Crippen molar-refractivity contribution in [3.8, 4) is 0 Å². The highest BCUT2D eigenvalue weighted by Crippen LogP contribution is 2.15. The Bertz CT molecular complexity index is 1120. The smallest absolute Gasteiger partial charge is 0.269 e. The molecule has 0 bridgehead atoms. The van der Waals surface area contributed by atoms with E-state index in [0.717, 1.165) is 0 Å². The van der Waals surface area contributed by atoms with Crippen LogP contribution in [0.3, 0.4) is 0 Å². The number of benzene rings is 2. The zero-order chi connectivity index (χ0) is 27.7. The van der Waals surface area contributed by atoms with Gasteiger partial charge < -0.3 is 20.4 Å². The molecular formula is C24H26N6O8. The Labute approximate surface area is 216 Å². The number of amides is 4. The van der Waals surface area contributed by atoms with Crippen molar-refractivity contribution in [2.24, 2.45) is 0 Å². The minimum absolute atomic E-state index is 0.0387. The Balaban J connectivity index is 1.66. The van der Waals surface area contributed by atoms with Crippen molar-refractivity contribution in [1.29, 1.82) is 0 Å². The summed E-state index contributed by atoms with van der Waals surface area (Å²) in [5.41, 5.74) is 0.110. The van der Waals surface area contributed by atoms with E-state index in [0.29, 0.717) is 0 Å². The normalized spacial score (nSPS) is 15.6. The summed E-state index contributed by atoms with van der Waals surface area (Å²) in [6.07, 6.45) is -0.0774. The maximum atomic E-state index is 13.0. The van der Waals surface area contributed by atoms with Gasteiger partial charge in [-0.15, -0.1) is 0 Å². The predicted molar refractivity (Wildman–Crippen MR) is 133 cm³/mol. The quantitative estimate of drug-likeness (QED) is 0.438. The van der Waals surface area contributed by atoms with Gasteiger partial charge in [0.2, 0.25) is 11.8 Å². The molecule has 0 spiro atoms. The van der Waals surface area contributed by atoms with Gasteiger partial charge in [0.25, 0.3) is 23.2 Å². The first kappa shape index (κ1) is 27.7. The molecule has 0 atom stereocenters. The first-order valence-corrected chi connectivity index (χ1v) is 11.8. The molecule has 1 fully saturated rings. The van der Waals surface area contributed by atoms with Gasteiger partial charge in [0.15, 0.2) is 0 Å². The van der Waals surface area contributed by atoms with Crippen LogP contribution < -0.4 is 10.6 Å². The summed E-state index contributed by atoms with van der Waals surface area (Å²) in [6.45, 7) is 0.470. The van der Waals surface area contributed by atoms with E-state index >= 15 is 0 Å². The number of nitrogens with zero attached hydrogens (tertiary/aromatic N) is 4. The topological polar surface area (TPSA) is 185 Å². The lowest BCUT2D eigenvalue weighted by atomic mass is 10.1. The zero-order valence-electron chi connectivity index (χ0n) is 20.3. The number of nitro groups is 2. The molecule has 4 amide bonds. The van der Waals surface area contributed by atoms with E-state index in [2.05, 4.69) is 10.6 Å². The number of carbonyl (C=O) groups is 4. The molecule has 200 valence electrons. The molecule has 2 N–H and O–H groups in total. The van der Waals surface area contributed by atoms with E-state index in [1.807, 2.05) is 0 Å². The summed E-state index contributed by atoms with van der Waals surface area (Å²) in [5, 5.41) is 27.1. The van der Waals surface area contributed by atoms with Gasteiger partial charge in [-0.05, 0) is 24.3 Å². The molecule has 1 aliphatic rings. The van der Waals surface area contributed by atoms with Crippen molar-refractivity contribution in [3.63, 3.8) is 0 Å². The van der Waals surface area contributed by atoms with Crippen LogP contribution in [0.2, 0.25) is 0 Å². The van der Waals surface area contributed by atoms with Crippen molar-refractivity contribution in [1.82, 2.24) is 20.4 Å². The molecule has 1 saturated heterocycles. The standard InChI is InChI=1S/C24H26N6O8/c31-21-9-13-27(23(33)17-1-5-19(6-2-17)29(35)36)15-11-25-22(32)10-14-28(16-12-26-21)24(34)18-3-7-20(8-4-18)30(37)38/h1-8H,9-16H2,(H,25,32)(H,26,31). The van der Waals surface area contributed by atoms with Crippen molar-refractivity contribution in [2.45, 2.75) is 12.8 Å². The van der Waals surface area contributed by atoms with Crippen LogP contribution in [0.25, 0.3) is 0 Å². The maximum Gasteiger partial charge on any atom is 0.269 e. The summed E-state index contributed by atoms with van der Waals surface area (Å²) < 4.78 is 0. The Morgan fingerprint density at radius 1 is 0.632 bits per heavy atom. The Morgan fingerprint density at radius 2 is 0.974 bits per heavy atom. The van der Waals surface area contributed by atoms with E-state index in [4.69, 9.17) is 0 Å². The fraction of sp³-hybridized carbons (Fsp3) is 0.333. The number of non-ortho nitro benzene ring substituents is 2. The Hall–Kier alpha value is -4.88. The molecule has 14 nitrogen and oxygen atoms in total. The predicted octanol–water partition coefficient (Wildman–Crippen LogP) is 1.11. The van der Waals surface area contributed by atoms with Gasteiger partial charge in [0, 0.05) is 87.5 Å². The van der Waals surface area contributed by atoms with Crippen LogP contribution in [-0.2, 0) is 9.59 Å². The fourth-order valence-corrected chi connectivity index (χ4v) is 3.76. The van der Waals surface area contributed by atoms with Crippen LogP contribution in [0.4, 0.5) is 11.4 Å². The number of rotatable bonds is 4. The average molecular weight is 527 g/mol. The Kier molecular flexibility index (Phi) is 9.40. The molecule has 0 unspecified atom stereocenters. The van der Waals surface area contributed by atoms with Gasteiger partial charge in [-0.1, -0.05) is 0 Å². The third-order valence-corrected chi connectivity index (χ3v) is 5.85. The third kappa shape index (κ3) is 7.56. The van der Waals surface area contributed by atoms with Crippen molar-refractivity contribution >= 4 is 35.0 Å². The number of carbonyl (C=O) groups excluding carboxylic acids is 4. The third-order valence-electron chi connectivity index (χ3n) is 5.85. The van der Waals surface area contributed by atoms with Gasteiger partial charge >= 0.3 is 0 Å². The van der Waals surface area contributed by atoms with Crippen molar-refractivity contribution in [2.75, 3.05) is 39.3 Å². The molecule has 38 heavy (non-hydrogen) atoms. The molecule has 2 aromatic carbocycles. The van der Waals surface area contributed by atoms with E-state index in [-0.39, 0.29) is 86.4 Å². The lowest BCUT2D eigenvalue weighted by Crippen LogP contribution is -2.44. The van der Waals surface area contributed by atoms with Gasteiger partial charge in [-0.2, -0.15) is 0 Å². The lowest BCUT2D eigenvalue weighted by Gasteiger charge is -2.25. The highest BCUT2D eigenvalue weighted by atomic mass is 16.6. The Morgan fingerprint density at radius 3 is 1.29 bits per heavy atom. The second kappa shape index (κ2) is 12.9. The van der Waals surface area contributed by atoms with Crippen LogP contribution in [0.5, 0.6) is 0 Å². The summed E-state index contributed by atoms with van der Waals surface area (Å²) in [5.74, 6) is -1.58. The number of nitro benzene ring substituents is 2. The molecule has 3 rings (SSSR count). The number of hydrogen-bond acceptors (Lipinski definition) is 8. The van der Waals surface area contributed by atoms with Gasteiger partial charge in [0.1, 0.15) is 0 Å². The SMILES string of the molecule is O=C1CCN(C(=O)c2ccc([N+](=O)[O-])cc2)CCNC(=O)CCN(C(=O)c2ccc([N+](=O)[O-])cc2)CCN1. The molecule has 14 heteroatoms. The second-order valence-electron chi connectivity index (χ2n) is 8.39.